The molecular formula is C12H13N3OS. The second-order valence-corrected chi connectivity index (χ2v) is 4.61. The maximum atomic E-state index is 12.1. The topological polar surface area (TPSA) is 59.2 Å². The fraction of sp³-hybridized carbons (Fsp3) is 0.167. The molecule has 1 amide bonds. The number of aromatic nitrogens is 1. The molecule has 0 fully saturated rings. The second-order valence-electron chi connectivity index (χ2n) is 3.72. The standard InChI is InChI=1S/C12H13N3OS/c1-8-5-3-4-6-10(8)15(2)11(16)9-7-17-12(13)14-9/h3-7H,1-2H3,(H2,13,14). The summed E-state index contributed by atoms with van der Waals surface area (Å²) >= 11 is 1.27. The number of nitrogen functional groups attached to an aromatic ring is 1. The van der Waals surface area contributed by atoms with E-state index in [0.29, 0.717) is 10.8 Å². The highest BCUT2D eigenvalue weighted by atomic mass is 32.1. The molecule has 2 aromatic rings. The highest BCUT2D eigenvalue weighted by molar-refractivity contribution is 7.13. The van der Waals surface area contributed by atoms with Crippen LogP contribution >= 0.6 is 11.3 Å². The number of rotatable bonds is 2. The fourth-order valence-electron chi connectivity index (χ4n) is 1.61. The van der Waals surface area contributed by atoms with E-state index in [1.165, 1.54) is 11.3 Å². The maximum Gasteiger partial charge on any atom is 0.277 e. The van der Waals surface area contributed by atoms with E-state index in [4.69, 9.17) is 5.73 Å². The first kappa shape index (κ1) is 11.6. The molecule has 1 heterocycles. The number of hydrogen-bond acceptors (Lipinski definition) is 4. The SMILES string of the molecule is Cc1ccccc1N(C)C(=O)c1csc(N)n1. The van der Waals surface area contributed by atoms with Gasteiger partial charge in [0.1, 0.15) is 5.69 Å². The Morgan fingerprint density at radius 1 is 1.41 bits per heavy atom. The summed E-state index contributed by atoms with van der Waals surface area (Å²) in [6, 6.07) is 7.72. The molecule has 1 aromatic carbocycles. The predicted molar refractivity (Wildman–Crippen MR) is 70.4 cm³/mol. The highest BCUT2D eigenvalue weighted by Gasteiger charge is 2.17. The molecule has 0 saturated carbocycles. The van der Waals surface area contributed by atoms with Crippen molar-refractivity contribution in [2.75, 3.05) is 17.7 Å². The molecule has 88 valence electrons. The number of nitrogens with zero attached hydrogens (tertiary/aromatic N) is 2. The van der Waals surface area contributed by atoms with Crippen molar-refractivity contribution in [3.05, 3.63) is 40.9 Å². The molecule has 0 unspecified atom stereocenters. The number of benzene rings is 1. The summed E-state index contributed by atoms with van der Waals surface area (Å²) in [7, 11) is 1.74. The van der Waals surface area contributed by atoms with E-state index in [2.05, 4.69) is 4.98 Å². The van der Waals surface area contributed by atoms with Crippen LogP contribution in [0.1, 0.15) is 16.1 Å². The summed E-state index contributed by atoms with van der Waals surface area (Å²) < 4.78 is 0. The first-order chi connectivity index (χ1) is 8.09. The van der Waals surface area contributed by atoms with Gasteiger partial charge in [-0.05, 0) is 18.6 Å². The number of hydrogen-bond donors (Lipinski definition) is 1. The molecule has 0 aliphatic rings. The molecule has 0 spiro atoms. The second kappa shape index (κ2) is 4.55. The van der Waals surface area contributed by atoms with Gasteiger partial charge in [-0.1, -0.05) is 18.2 Å². The molecule has 0 saturated heterocycles. The van der Waals surface area contributed by atoms with Gasteiger partial charge in [0.15, 0.2) is 5.13 Å². The zero-order valence-corrected chi connectivity index (χ0v) is 10.5. The van der Waals surface area contributed by atoms with Gasteiger partial charge in [-0.15, -0.1) is 11.3 Å². The Hall–Kier alpha value is -1.88. The van der Waals surface area contributed by atoms with Crippen molar-refractivity contribution in [1.29, 1.82) is 0 Å². The predicted octanol–water partition coefficient (Wildman–Crippen LogP) is 2.31. The van der Waals surface area contributed by atoms with Crippen molar-refractivity contribution in [2.45, 2.75) is 6.92 Å². The van der Waals surface area contributed by atoms with Gasteiger partial charge >= 0.3 is 0 Å². The molecule has 5 heteroatoms. The number of para-hydroxylation sites is 1. The minimum atomic E-state index is -0.146. The third kappa shape index (κ3) is 2.29. The molecule has 17 heavy (non-hydrogen) atoms. The van der Waals surface area contributed by atoms with E-state index in [1.54, 1.807) is 17.3 Å². The van der Waals surface area contributed by atoms with E-state index in [1.807, 2.05) is 31.2 Å². The molecule has 2 rings (SSSR count). The van der Waals surface area contributed by atoms with E-state index in [9.17, 15) is 4.79 Å². The molecule has 4 nitrogen and oxygen atoms in total. The monoisotopic (exact) mass is 247 g/mol. The summed E-state index contributed by atoms with van der Waals surface area (Å²) in [6.07, 6.45) is 0. The molecule has 0 radical (unpaired) electrons. The smallest absolute Gasteiger partial charge is 0.277 e. The number of amides is 1. The van der Waals surface area contributed by atoms with Gasteiger partial charge in [0.05, 0.1) is 0 Å². The lowest BCUT2D eigenvalue weighted by molar-refractivity contribution is 0.0989. The summed E-state index contributed by atoms with van der Waals surface area (Å²) in [5.41, 5.74) is 7.84. The summed E-state index contributed by atoms with van der Waals surface area (Å²) in [6.45, 7) is 1.97. The van der Waals surface area contributed by atoms with Crippen LogP contribution in [0.2, 0.25) is 0 Å². The van der Waals surface area contributed by atoms with E-state index < -0.39 is 0 Å². The molecule has 0 atom stereocenters. The van der Waals surface area contributed by atoms with Crippen LogP contribution in [-0.4, -0.2) is 17.9 Å². The van der Waals surface area contributed by atoms with Crippen LogP contribution in [0.4, 0.5) is 10.8 Å². The Balaban J connectivity index is 2.29. The Morgan fingerprint density at radius 2 is 2.12 bits per heavy atom. The first-order valence-electron chi connectivity index (χ1n) is 5.14. The van der Waals surface area contributed by atoms with Crippen molar-refractivity contribution < 1.29 is 4.79 Å². The average Bonchev–Trinajstić information content (AvgIpc) is 2.75. The van der Waals surface area contributed by atoms with E-state index in [-0.39, 0.29) is 5.91 Å². The minimum Gasteiger partial charge on any atom is -0.375 e. The van der Waals surface area contributed by atoms with Gasteiger partial charge in [0, 0.05) is 18.1 Å². The number of carbonyl (C=O) groups is 1. The van der Waals surface area contributed by atoms with Gasteiger partial charge in [-0.3, -0.25) is 4.79 Å². The van der Waals surface area contributed by atoms with Crippen molar-refractivity contribution >= 4 is 28.1 Å². The van der Waals surface area contributed by atoms with Crippen LogP contribution in [0.5, 0.6) is 0 Å². The number of thiazole rings is 1. The molecular weight excluding hydrogens is 234 g/mol. The number of carbonyl (C=O) groups excluding carboxylic acids is 1. The lowest BCUT2D eigenvalue weighted by Crippen LogP contribution is -2.27. The quantitative estimate of drug-likeness (QED) is 0.886. The maximum absolute atomic E-state index is 12.1. The Morgan fingerprint density at radius 3 is 2.71 bits per heavy atom. The summed E-state index contributed by atoms with van der Waals surface area (Å²) in [4.78, 5) is 17.7. The van der Waals surface area contributed by atoms with Gasteiger partial charge in [0.2, 0.25) is 0 Å². The lowest BCUT2D eigenvalue weighted by Gasteiger charge is -2.18. The average molecular weight is 247 g/mol. The molecule has 0 aliphatic heterocycles. The van der Waals surface area contributed by atoms with Crippen molar-refractivity contribution in [2.24, 2.45) is 0 Å². The van der Waals surface area contributed by atoms with Crippen LogP contribution in [0.25, 0.3) is 0 Å². The van der Waals surface area contributed by atoms with Crippen molar-refractivity contribution in [1.82, 2.24) is 4.98 Å². The van der Waals surface area contributed by atoms with Gasteiger partial charge in [0.25, 0.3) is 5.91 Å². The fourth-order valence-corrected chi connectivity index (χ4v) is 2.14. The summed E-state index contributed by atoms with van der Waals surface area (Å²) in [5.74, 6) is -0.146. The van der Waals surface area contributed by atoms with Crippen LogP contribution < -0.4 is 10.6 Å². The Labute approximate surface area is 104 Å². The normalized spacial score (nSPS) is 10.2. The van der Waals surface area contributed by atoms with Crippen LogP contribution in [0.15, 0.2) is 29.6 Å². The van der Waals surface area contributed by atoms with E-state index >= 15 is 0 Å². The minimum absolute atomic E-state index is 0.146. The number of anilines is 2. The molecule has 0 aliphatic carbocycles. The highest BCUT2D eigenvalue weighted by Crippen LogP contribution is 2.21. The van der Waals surface area contributed by atoms with Crippen LogP contribution in [-0.2, 0) is 0 Å². The van der Waals surface area contributed by atoms with Crippen LogP contribution in [0, 0.1) is 6.92 Å². The van der Waals surface area contributed by atoms with Gasteiger partial charge in [-0.2, -0.15) is 0 Å². The van der Waals surface area contributed by atoms with Crippen molar-refractivity contribution in [3.8, 4) is 0 Å². The lowest BCUT2D eigenvalue weighted by atomic mass is 10.2. The number of nitrogens with two attached hydrogens (primary N) is 1. The van der Waals surface area contributed by atoms with Crippen molar-refractivity contribution in [3.63, 3.8) is 0 Å². The number of aryl methyl sites for hydroxylation is 1. The third-order valence-electron chi connectivity index (χ3n) is 2.52. The molecule has 2 N–H and O–H groups in total. The van der Waals surface area contributed by atoms with E-state index in [0.717, 1.165) is 11.3 Å². The summed E-state index contributed by atoms with van der Waals surface area (Å²) in [5, 5.41) is 2.08. The zero-order valence-electron chi connectivity index (χ0n) is 9.68. The first-order valence-corrected chi connectivity index (χ1v) is 6.02. The third-order valence-corrected chi connectivity index (χ3v) is 3.20. The van der Waals surface area contributed by atoms with Gasteiger partial charge in [-0.25, -0.2) is 4.98 Å². The van der Waals surface area contributed by atoms with Gasteiger partial charge < -0.3 is 10.6 Å². The molecule has 1 aromatic heterocycles. The Kier molecular flexibility index (Phi) is 3.10. The molecule has 0 bridgehead atoms. The van der Waals surface area contributed by atoms with Crippen LogP contribution in [0.3, 0.4) is 0 Å². The zero-order chi connectivity index (χ0) is 12.4. The largest absolute Gasteiger partial charge is 0.375 e. The Bertz CT molecular complexity index is 550.